The van der Waals surface area contributed by atoms with Crippen molar-refractivity contribution in [1.29, 1.82) is 0 Å². The lowest BCUT2D eigenvalue weighted by molar-refractivity contribution is 0.103. The Balaban J connectivity index is 1.90. The van der Waals surface area contributed by atoms with Gasteiger partial charge in [0.2, 0.25) is 5.78 Å². The van der Waals surface area contributed by atoms with Crippen LogP contribution < -0.4 is 5.32 Å². The monoisotopic (exact) mass is 394 g/mol. The van der Waals surface area contributed by atoms with Crippen molar-refractivity contribution in [2.24, 2.45) is 0 Å². The quantitative estimate of drug-likeness (QED) is 0.573. The van der Waals surface area contributed by atoms with Crippen LogP contribution in [0.25, 0.3) is 5.70 Å². The molecule has 1 aromatic heterocycles. The molecule has 134 valence electrons. The Bertz CT molecular complexity index is 1080. The highest BCUT2D eigenvalue weighted by Gasteiger charge is 2.27. The van der Waals surface area contributed by atoms with Crippen LogP contribution >= 0.6 is 23.4 Å². The summed E-state index contributed by atoms with van der Waals surface area (Å²) in [6.45, 7) is 1.94. The summed E-state index contributed by atoms with van der Waals surface area (Å²) in [6, 6.07) is 16.0. The molecular formula is C21H15ClN2O2S. The van der Waals surface area contributed by atoms with E-state index in [-0.39, 0.29) is 11.5 Å². The number of nitrogens with zero attached hydrogens (tertiary/aromatic N) is 1. The third kappa shape index (κ3) is 3.44. The number of hydrogen-bond donors (Lipinski definition) is 2. The molecule has 1 aliphatic heterocycles. The van der Waals surface area contributed by atoms with Gasteiger partial charge in [-0.25, -0.2) is 0 Å². The number of carbonyl (C=O) groups excluding carboxylic acids is 1. The summed E-state index contributed by atoms with van der Waals surface area (Å²) in [6.07, 6.45) is 1.59. The van der Waals surface area contributed by atoms with Crippen LogP contribution in [-0.4, -0.2) is 15.9 Å². The van der Waals surface area contributed by atoms with Crippen molar-refractivity contribution in [2.45, 2.75) is 11.8 Å². The summed E-state index contributed by atoms with van der Waals surface area (Å²) in [4.78, 5) is 18.7. The average molecular weight is 395 g/mol. The Morgan fingerprint density at radius 1 is 1.15 bits per heavy atom. The van der Waals surface area contributed by atoms with E-state index in [2.05, 4.69) is 10.3 Å². The fraction of sp³-hybridized carbons (Fsp3) is 0.0476. The van der Waals surface area contributed by atoms with E-state index in [1.165, 1.54) is 11.8 Å². The number of aromatic nitrogens is 1. The van der Waals surface area contributed by atoms with Gasteiger partial charge in [-0.3, -0.25) is 9.78 Å². The number of rotatable bonds is 3. The SMILES string of the molecule is Cc1ccc(O)c(C2=C(C(=O)c3ccccn3)Sc3cc(Cl)ccc3N2)c1. The van der Waals surface area contributed by atoms with Gasteiger partial charge in [-0.2, -0.15) is 0 Å². The van der Waals surface area contributed by atoms with Crippen molar-refractivity contribution in [3.8, 4) is 5.75 Å². The van der Waals surface area contributed by atoms with Crippen LogP contribution in [0, 0.1) is 6.92 Å². The lowest BCUT2D eigenvalue weighted by atomic mass is 10.0. The third-order valence-corrected chi connectivity index (χ3v) is 5.55. The number of Topliss-reactive ketones (excluding diaryl/α,β-unsaturated/α-hetero) is 1. The smallest absolute Gasteiger partial charge is 0.220 e. The van der Waals surface area contributed by atoms with E-state index in [1.807, 2.05) is 31.2 Å². The number of hydrogen-bond acceptors (Lipinski definition) is 5. The molecule has 0 unspecified atom stereocenters. The zero-order valence-corrected chi connectivity index (χ0v) is 15.9. The molecule has 2 aromatic carbocycles. The number of fused-ring (bicyclic) bond motifs is 1. The highest BCUT2D eigenvalue weighted by molar-refractivity contribution is 8.04. The number of aromatic hydroxyl groups is 1. The molecule has 0 aliphatic carbocycles. The first-order valence-electron chi connectivity index (χ1n) is 8.27. The topological polar surface area (TPSA) is 62.2 Å². The lowest BCUT2D eigenvalue weighted by Gasteiger charge is -2.24. The minimum absolute atomic E-state index is 0.104. The highest BCUT2D eigenvalue weighted by atomic mass is 35.5. The molecular weight excluding hydrogens is 380 g/mol. The number of phenols is 1. The third-order valence-electron chi connectivity index (χ3n) is 4.17. The van der Waals surface area contributed by atoms with Crippen LogP contribution in [0.15, 0.2) is 70.6 Å². The Morgan fingerprint density at radius 3 is 2.78 bits per heavy atom. The summed E-state index contributed by atoms with van der Waals surface area (Å²) < 4.78 is 0. The molecule has 0 saturated carbocycles. The second-order valence-electron chi connectivity index (χ2n) is 6.14. The van der Waals surface area contributed by atoms with Crippen LogP contribution in [0.1, 0.15) is 21.6 Å². The van der Waals surface area contributed by atoms with Gasteiger partial charge in [-0.05, 0) is 49.4 Å². The van der Waals surface area contributed by atoms with Crippen molar-refractivity contribution in [1.82, 2.24) is 4.98 Å². The highest BCUT2D eigenvalue weighted by Crippen LogP contribution is 2.46. The second kappa shape index (κ2) is 7.10. The summed E-state index contributed by atoms with van der Waals surface area (Å²) >= 11 is 7.45. The maximum Gasteiger partial charge on any atom is 0.220 e. The molecule has 3 aromatic rings. The van der Waals surface area contributed by atoms with Crippen molar-refractivity contribution >= 4 is 40.5 Å². The summed E-state index contributed by atoms with van der Waals surface area (Å²) in [5, 5.41) is 14.3. The average Bonchev–Trinajstić information content (AvgIpc) is 2.69. The molecule has 0 saturated heterocycles. The first-order chi connectivity index (χ1) is 13.0. The lowest BCUT2D eigenvalue weighted by Crippen LogP contribution is -2.14. The number of allylic oxidation sites excluding steroid dienone is 1. The predicted octanol–water partition coefficient (Wildman–Crippen LogP) is 5.52. The molecule has 4 nitrogen and oxygen atoms in total. The number of pyridine rings is 1. The zero-order valence-electron chi connectivity index (χ0n) is 14.4. The molecule has 2 N–H and O–H groups in total. The molecule has 1 aliphatic rings. The molecule has 0 amide bonds. The van der Waals surface area contributed by atoms with E-state index in [4.69, 9.17) is 11.6 Å². The fourth-order valence-electron chi connectivity index (χ4n) is 2.85. The molecule has 27 heavy (non-hydrogen) atoms. The van der Waals surface area contributed by atoms with Gasteiger partial charge in [0.05, 0.1) is 16.3 Å². The molecule has 0 spiro atoms. The van der Waals surface area contributed by atoms with Crippen LogP contribution in [0.3, 0.4) is 0 Å². The van der Waals surface area contributed by atoms with Crippen LogP contribution in [0.5, 0.6) is 5.75 Å². The van der Waals surface area contributed by atoms with Gasteiger partial charge in [0.1, 0.15) is 11.4 Å². The summed E-state index contributed by atoms with van der Waals surface area (Å²) in [7, 11) is 0. The molecule has 4 rings (SSSR count). The minimum atomic E-state index is -0.213. The fourth-order valence-corrected chi connectivity index (χ4v) is 4.18. The number of nitrogens with one attached hydrogen (secondary N) is 1. The zero-order chi connectivity index (χ0) is 19.0. The van der Waals surface area contributed by atoms with E-state index in [1.54, 1.807) is 36.5 Å². The molecule has 6 heteroatoms. The number of halogens is 1. The van der Waals surface area contributed by atoms with Crippen LogP contribution in [-0.2, 0) is 0 Å². The number of anilines is 1. The second-order valence-corrected chi connectivity index (χ2v) is 7.63. The van der Waals surface area contributed by atoms with Gasteiger partial charge in [0, 0.05) is 21.7 Å². The van der Waals surface area contributed by atoms with E-state index in [0.717, 1.165) is 16.1 Å². The number of thioether (sulfide) groups is 1. The van der Waals surface area contributed by atoms with Crippen molar-refractivity contribution in [3.63, 3.8) is 0 Å². The summed E-state index contributed by atoms with van der Waals surface area (Å²) in [5.41, 5.74) is 3.29. The van der Waals surface area contributed by atoms with E-state index in [0.29, 0.717) is 26.9 Å². The van der Waals surface area contributed by atoms with Crippen LogP contribution in [0.4, 0.5) is 5.69 Å². The van der Waals surface area contributed by atoms with Gasteiger partial charge in [-0.1, -0.05) is 41.1 Å². The predicted molar refractivity (Wildman–Crippen MR) is 109 cm³/mol. The molecule has 0 bridgehead atoms. The maximum atomic E-state index is 13.2. The number of carbonyl (C=O) groups is 1. The van der Waals surface area contributed by atoms with Crippen molar-refractivity contribution in [3.05, 3.63) is 87.5 Å². The van der Waals surface area contributed by atoms with Gasteiger partial charge >= 0.3 is 0 Å². The van der Waals surface area contributed by atoms with Gasteiger partial charge < -0.3 is 10.4 Å². The van der Waals surface area contributed by atoms with Crippen molar-refractivity contribution in [2.75, 3.05) is 5.32 Å². The first-order valence-corrected chi connectivity index (χ1v) is 9.47. The summed E-state index contributed by atoms with van der Waals surface area (Å²) in [5.74, 6) is -0.109. The number of phenolic OH excluding ortho intramolecular Hbond substituents is 1. The van der Waals surface area contributed by atoms with E-state index >= 15 is 0 Å². The van der Waals surface area contributed by atoms with Crippen LogP contribution in [0.2, 0.25) is 5.02 Å². The molecule has 0 fully saturated rings. The van der Waals surface area contributed by atoms with E-state index in [9.17, 15) is 9.90 Å². The Hall–Kier alpha value is -2.76. The molecule has 0 atom stereocenters. The molecule has 0 radical (unpaired) electrons. The number of ketones is 1. The minimum Gasteiger partial charge on any atom is -0.507 e. The number of aryl methyl sites for hydroxylation is 1. The standard InChI is InChI=1S/C21H15ClN2O2S/c1-12-5-8-17(25)14(10-12)19-21(20(26)16-4-2-3-9-23-16)27-18-11-13(22)6-7-15(18)24-19/h2-11,24-25H,1H3. The normalized spacial score (nSPS) is 13.1. The Kier molecular flexibility index (Phi) is 4.64. The maximum absolute atomic E-state index is 13.2. The Labute approximate surface area is 165 Å². The number of benzene rings is 2. The van der Waals surface area contributed by atoms with E-state index < -0.39 is 0 Å². The first kappa shape index (κ1) is 17.6. The largest absolute Gasteiger partial charge is 0.507 e. The van der Waals surface area contributed by atoms with Gasteiger partial charge in [-0.15, -0.1) is 0 Å². The Morgan fingerprint density at radius 2 is 2.00 bits per heavy atom. The van der Waals surface area contributed by atoms with Gasteiger partial charge in [0.15, 0.2) is 0 Å². The van der Waals surface area contributed by atoms with Gasteiger partial charge in [0.25, 0.3) is 0 Å². The van der Waals surface area contributed by atoms with Crippen molar-refractivity contribution < 1.29 is 9.90 Å². The molecule has 2 heterocycles.